The molecule has 0 aromatic heterocycles. The minimum atomic E-state index is 0.0273. The summed E-state index contributed by atoms with van der Waals surface area (Å²) in [4.78, 5) is 20.8. The normalized spacial score (nSPS) is 16.4. The van der Waals surface area contributed by atoms with Crippen LogP contribution in [0.3, 0.4) is 0 Å². The molecule has 0 aliphatic carbocycles. The van der Waals surface area contributed by atoms with Gasteiger partial charge < -0.3 is 4.74 Å². The largest absolute Gasteiger partial charge is 0.497 e. The van der Waals surface area contributed by atoms with Crippen LogP contribution in [0.5, 0.6) is 5.75 Å². The summed E-state index contributed by atoms with van der Waals surface area (Å²) in [6.07, 6.45) is 5.00. The maximum Gasteiger partial charge on any atom is 0.266 e. The number of hydrogen-bond acceptors (Lipinski definition) is 5. The second kappa shape index (κ2) is 10.5. The van der Waals surface area contributed by atoms with Gasteiger partial charge in [0.25, 0.3) is 5.91 Å². The van der Waals surface area contributed by atoms with Crippen molar-refractivity contribution in [2.75, 3.05) is 25.7 Å². The molecule has 3 aromatic rings. The fourth-order valence-electron chi connectivity index (χ4n) is 3.80. The van der Waals surface area contributed by atoms with E-state index in [-0.39, 0.29) is 5.91 Å². The van der Waals surface area contributed by atoms with E-state index in [1.807, 2.05) is 41.3 Å². The molecule has 0 saturated carbocycles. The zero-order chi connectivity index (χ0) is 23.4. The first-order valence-electron chi connectivity index (χ1n) is 10.9. The summed E-state index contributed by atoms with van der Waals surface area (Å²) < 4.78 is 5.32. The van der Waals surface area contributed by atoms with E-state index < -0.39 is 0 Å². The summed E-state index contributed by atoms with van der Waals surface area (Å²) in [6.45, 7) is 4.81. The minimum Gasteiger partial charge on any atom is -0.497 e. The Morgan fingerprint density at radius 3 is 2.61 bits per heavy atom. The molecule has 170 valence electrons. The molecule has 4 rings (SSSR count). The number of hydrogen-bond donors (Lipinski definition) is 0. The highest BCUT2D eigenvalue weighted by Crippen LogP contribution is 2.35. The van der Waals surface area contributed by atoms with Crippen molar-refractivity contribution in [3.63, 3.8) is 0 Å². The highest BCUT2D eigenvalue weighted by molar-refractivity contribution is 8.18. The molecule has 0 radical (unpaired) electrons. The van der Waals surface area contributed by atoms with Crippen molar-refractivity contribution in [3.8, 4) is 5.75 Å². The molecule has 0 unspecified atom stereocenters. The number of amidine groups is 1. The van der Waals surface area contributed by atoms with Crippen molar-refractivity contribution in [1.82, 2.24) is 4.90 Å². The average molecular weight is 477 g/mol. The van der Waals surface area contributed by atoms with Gasteiger partial charge in [0.1, 0.15) is 5.75 Å². The van der Waals surface area contributed by atoms with Crippen molar-refractivity contribution in [3.05, 3.63) is 76.2 Å². The van der Waals surface area contributed by atoms with Gasteiger partial charge in [-0.25, -0.2) is 4.99 Å². The zero-order valence-corrected chi connectivity index (χ0v) is 21.1. The topological polar surface area (TPSA) is 41.9 Å². The molecule has 1 aliphatic rings. The summed E-state index contributed by atoms with van der Waals surface area (Å²) >= 11 is 3.25. The number of aryl methyl sites for hydroxylation is 2. The molecule has 1 saturated heterocycles. The molecule has 0 N–H and O–H groups in total. The molecule has 0 spiro atoms. The summed E-state index contributed by atoms with van der Waals surface area (Å²) in [5.41, 5.74) is 4.23. The quantitative estimate of drug-likeness (QED) is 0.277. The van der Waals surface area contributed by atoms with Crippen molar-refractivity contribution in [2.45, 2.75) is 20.3 Å². The van der Waals surface area contributed by atoms with Crippen LogP contribution < -0.4 is 4.74 Å². The number of methoxy groups -OCH3 is 1. The van der Waals surface area contributed by atoms with E-state index in [0.29, 0.717) is 11.4 Å². The third-order valence-corrected chi connectivity index (χ3v) is 7.26. The summed E-state index contributed by atoms with van der Waals surface area (Å²) in [7, 11) is 1.67. The number of nitrogens with zero attached hydrogens (tertiary/aromatic N) is 2. The second-order valence-electron chi connectivity index (χ2n) is 8.07. The second-order valence-corrected chi connectivity index (χ2v) is 10.1. The van der Waals surface area contributed by atoms with Crippen LogP contribution in [-0.2, 0) is 4.79 Å². The number of ether oxygens (including phenoxy) is 1. The minimum absolute atomic E-state index is 0.0273. The molecule has 1 fully saturated rings. The van der Waals surface area contributed by atoms with Gasteiger partial charge in [0, 0.05) is 6.54 Å². The zero-order valence-electron chi connectivity index (χ0n) is 19.4. The molecular formula is C27H28N2O2S2. The number of benzene rings is 3. The number of carbonyl (C=O) groups excluding carboxylic acids is 1. The van der Waals surface area contributed by atoms with E-state index in [2.05, 4.69) is 44.4 Å². The number of rotatable bonds is 7. The molecule has 1 heterocycles. The summed E-state index contributed by atoms with van der Waals surface area (Å²) in [5.74, 6) is 1.88. The fraction of sp³-hybridized carbons (Fsp3) is 0.259. The van der Waals surface area contributed by atoms with Crippen LogP contribution in [0.25, 0.3) is 16.8 Å². The maximum absolute atomic E-state index is 13.3. The average Bonchev–Trinajstić information content (AvgIpc) is 3.09. The van der Waals surface area contributed by atoms with Crippen LogP contribution in [0, 0.1) is 13.8 Å². The van der Waals surface area contributed by atoms with E-state index in [1.165, 1.54) is 17.3 Å². The lowest BCUT2D eigenvalue weighted by atomic mass is 10.1. The van der Waals surface area contributed by atoms with E-state index in [9.17, 15) is 4.79 Å². The monoisotopic (exact) mass is 476 g/mol. The Hall–Kier alpha value is -2.70. The number of thioether (sulfide) groups is 2. The van der Waals surface area contributed by atoms with Gasteiger partial charge in [-0.2, -0.15) is 11.8 Å². The lowest BCUT2D eigenvalue weighted by molar-refractivity contribution is -0.122. The Labute approximate surface area is 204 Å². The lowest BCUT2D eigenvalue weighted by Crippen LogP contribution is -2.30. The molecule has 1 aliphatic heterocycles. The van der Waals surface area contributed by atoms with Crippen LogP contribution >= 0.6 is 23.5 Å². The summed E-state index contributed by atoms with van der Waals surface area (Å²) in [5, 5.41) is 2.98. The first-order valence-corrected chi connectivity index (χ1v) is 13.1. The SMILES string of the molecule is COc1ccc2cc(/C=C3\SC(=Nc4ccc(C)cc4C)N(CCCSC)C3=O)ccc2c1. The highest BCUT2D eigenvalue weighted by Gasteiger charge is 2.33. The molecule has 4 nitrogen and oxygen atoms in total. The van der Waals surface area contributed by atoms with Crippen LogP contribution in [0.2, 0.25) is 0 Å². The van der Waals surface area contributed by atoms with Crippen molar-refractivity contribution >= 4 is 57.1 Å². The third kappa shape index (κ3) is 5.45. The number of aliphatic imine (C=N–C) groups is 1. The molecule has 3 aromatic carbocycles. The van der Waals surface area contributed by atoms with Gasteiger partial charge in [-0.3, -0.25) is 9.69 Å². The molecular weight excluding hydrogens is 448 g/mol. The molecule has 0 atom stereocenters. The lowest BCUT2D eigenvalue weighted by Gasteiger charge is -2.15. The Morgan fingerprint density at radius 1 is 1.06 bits per heavy atom. The molecule has 1 amide bonds. The van der Waals surface area contributed by atoms with Crippen molar-refractivity contribution in [2.24, 2.45) is 4.99 Å². The Bertz CT molecular complexity index is 1250. The molecule has 6 heteroatoms. The fourth-order valence-corrected chi connectivity index (χ4v) is 5.24. The summed E-state index contributed by atoms with van der Waals surface area (Å²) in [6, 6.07) is 18.4. The first-order chi connectivity index (χ1) is 16.0. The predicted molar refractivity (Wildman–Crippen MR) is 144 cm³/mol. The van der Waals surface area contributed by atoms with Gasteiger partial charge in [0.05, 0.1) is 17.7 Å². The molecule has 33 heavy (non-hydrogen) atoms. The van der Waals surface area contributed by atoms with E-state index in [0.717, 1.165) is 50.7 Å². The molecule has 0 bridgehead atoms. The van der Waals surface area contributed by atoms with Crippen LogP contribution in [-0.4, -0.2) is 41.6 Å². The third-order valence-electron chi connectivity index (χ3n) is 5.56. The van der Waals surface area contributed by atoms with Gasteiger partial charge in [-0.1, -0.05) is 35.9 Å². The van der Waals surface area contributed by atoms with Crippen LogP contribution in [0.4, 0.5) is 5.69 Å². The first kappa shape index (κ1) is 23.5. The Kier molecular flexibility index (Phi) is 7.46. The van der Waals surface area contributed by atoms with Gasteiger partial charge in [-0.05, 0) is 96.3 Å². The van der Waals surface area contributed by atoms with Gasteiger partial charge in [0.15, 0.2) is 5.17 Å². The van der Waals surface area contributed by atoms with E-state index in [4.69, 9.17) is 9.73 Å². The van der Waals surface area contributed by atoms with Crippen LogP contribution in [0.15, 0.2) is 64.5 Å². The van der Waals surface area contributed by atoms with Crippen LogP contribution in [0.1, 0.15) is 23.1 Å². The van der Waals surface area contributed by atoms with Crippen molar-refractivity contribution < 1.29 is 9.53 Å². The maximum atomic E-state index is 13.3. The number of amides is 1. The Balaban J connectivity index is 1.67. The van der Waals surface area contributed by atoms with E-state index >= 15 is 0 Å². The smallest absolute Gasteiger partial charge is 0.266 e. The van der Waals surface area contributed by atoms with Gasteiger partial charge in [0.2, 0.25) is 0 Å². The number of carbonyl (C=O) groups is 1. The van der Waals surface area contributed by atoms with E-state index in [1.54, 1.807) is 18.9 Å². The highest BCUT2D eigenvalue weighted by atomic mass is 32.2. The number of fused-ring (bicyclic) bond motifs is 1. The Morgan fingerprint density at radius 2 is 1.85 bits per heavy atom. The van der Waals surface area contributed by atoms with Gasteiger partial charge in [-0.15, -0.1) is 0 Å². The predicted octanol–water partition coefficient (Wildman–Crippen LogP) is 6.82. The van der Waals surface area contributed by atoms with Gasteiger partial charge >= 0.3 is 0 Å². The standard InChI is InChI=1S/C27H28N2O2S2/c1-18-6-11-24(19(2)14-18)28-27-29(12-5-13-32-4)26(30)25(33-27)16-20-7-8-22-17-23(31-3)10-9-21(22)15-20/h6-11,14-17H,5,12-13H2,1-4H3/b25-16-,28-27?. The van der Waals surface area contributed by atoms with Crippen molar-refractivity contribution in [1.29, 1.82) is 0 Å².